The molecule has 1 N–H and O–H groups in total. The number of imidazole rings is 1. The first-order valence-corrected chi connectivity index (χ1v) is 8.39. The quantitative estimate of drug-likeness (QED) is 0.801. The van der Waals surface area contributed by atoms with E-state index in [0.717, 1.165) is 55.5 Å². The number of anilines is 1. The van der Waals surface area contributed by atoms with E-state index in [-0.39, 0.29) is 0 Å². The lowest BCUT2D eigenvalue weighted by Crippen LogP contribution is -2.44. The van der Waals surface area contributed by atoms with E-state index < -0.39 is 0 Å². The van der Waals surface area contributed by atoms with Gasteiger partial charge in [-0.2, -0.15) is 0 Å². The van der Waals surface area contributed by atoms with Gasteiger partial charge in [0.2, 0.25) is 5.95 Å². The summed E-state index contributed by atoms with van der Waals surface area (Å²) in [7, 11) is 1.69. The minimum Gasteiger partial charge on any atom is -0.497 e. The molecule has 4 rings (SSSR count). The number of nitrogens with one attached hydrogen (secondary N) is 1. The van der Waals surface area contributed by atoms with Crippen molar-refractivity contribution >= 4 is 17.0 Å². The predicted molar refractivity (Wildman–Crippen MR) is 96.9 cm³/mol. The highest BCUT2D eigenvalue weighted by Crippen LogP contribution is 2.27. The van der Waals surface area contributed by atoms with Crippen LogP contribution >= 0.6 is 0 Å². The Balaban J connectivity index is 1.80. The Labute approximate surface area is 141 Å². The standard InChI is InChI=1S/C19H22N4O/c1-24-16-7-8-18-17(13-16)21-19(22-11-9-20-10-12-22)23(18)14-15-5-3-2-4-6-15/h2-8,13,20H,9-12,14H2,1H3. The molecule has 0 radical (unpaired) electrons. The topological polar surface area (TPSA) is 42.3 Å². The van der Waals surface area contributed by atoms with Crippen molar-refractivity contribution in [2.24, 2.45) is 0 Å². The van der Waals surface area contributed by atoms with Crippen LogP contribution in [0.25, 0.3) is 11.0 Å². The first-order chi connectivity index (χ1) is 11.8. The van der Waals surface area contributed by atoms with Crippen LogP contribution in [0.1, 0.15) is 5.56 Å². The van der Waals surface area contributed by atoms with E-state index in [4.69, 9.17) is 9.72 Å². The summed E-state index contributed by atoms with van der Waals surface area (Å²) in [6, 6.07) is 16.7. The number of ether oxygens (including phenoxy) is 1. The van der Waals surface area contributed by atoms with Gasteiger partial charge in [0.25, 0.3) is 0 Å². The zero-order valence-electron chi connectivity index (χ0n) is 13.9. The maximum absolute atomic E-state index is 5.36. The van der Waals surface area contributed by atoms with Crippen LogP contribution in [0.3, 0.4) is 0 Å². The van der Waals surface area contributed by atoms with Crippen molar-refractivity contribution in [1.82, 2.24) is 14.9 Å². The highest BCUT2D eigenvalue weighted by atomic mass is 16.5. The van der Waals surface area contributed by atoms with E-state index in [2.05, 4.69) is 51.2 Å². The lowest BCUT2D eigenvalue weighted by atomic mass is 10.2. The van der Waals surface area contributed by atoms with Gasteiger partial charge in [-0.3, -0.25) is 0 Å². The van der Waals surface area contributed by atoms with Crippen molar-refractivity contribution in [3.8, 4) is 5.75 Å². The number of aromatic nitrogens is 2. The molecule has 3 aromatic rings. The Kier molecular flexibility index (Phi) is 4.09. The van der Waals surface area contributed by atoms with Crippen molar-refractivity contribution < 1.29 is 4.74 Å². The van der Waals surface area contributed by atoms with Crippen LogP contribution in [-0.4, -0.2) is 42.8 Å². The molecule has 0 atom stereocenters. The van der Waals surface area contributed by atoms with Crippen LogP contribution < -0.4 is 15.0 Å². The smallest absolute Gasteiger partial charge is 0.206 e. The third-order valence-corrected chi connectivity index (χ3v) is 4.52. The van der Waals surface area contributed by atoms with E-state index in [0.29, 0.717) is 0 Å². The van der Waals surface area contributed by atoms with Gasteiger partial charge < -0.3 is 19.5 Å². The number of nitrogens with zero attached hydrogens (tertiary/aromatic N) is 3. The van der Waals surface area contributed by atoms with Gasteiger partial charge in [0.1, 0.15) is 5.75 Å². The third-order valence-electron chi connectivity index (χ3n) is 4.52. The van der Waals surface area contributed by atoms with Crippen LogP contribution in [0.5, 0.6) is 5.75 Å². The minimum atomic E-state index is 0.822. The fraction of sp³-hybridized carbons (Fsp3) is 0.316. The summed E-state index contributed by atoms with van der Waals surface area (Å²) in [6.07, 6.45) is 0. The lowest BCUT2D eigenvalue weighted by molar-refractivity contribution is 0.415. The van der Waals surface area contributed by atoms with Crippen LogP contribution in [0, 0.1) is 0 Å². The fourth-order valence-corrected chi connectivity index (χ4v) is 3.25. The fourth-order valence-electron chi connectivity index (χ4n) is 3.25. The van der Waals surface area contributed by atoms with Crippen LogP contribution in [0.15, 0.2) is 48.5 Å². The summed E-state index contributed by atoms with van der Waals surface area (Å²) in [4.78, 5) is 7.29. The molecule has 0 saturated carbocycles. The second-order valence-corrected chi connectivity index (χ2v) is 6.08. The van der Waals surface area contributed by atoms with Crippen molar-refractivity contribution in [2.75, 3.05) is 38.2 Å². The zero-order chi connectivity index (χ0) is 16.4. The molecular weight excluding hydrogens is 300 g/mol. The summed E-state index contributed by atoms with van der Waals surface area (Å²) < 4.78 is 7.68. The van der Waals surface area contributed by atoms with Crippen molar-refractivity contribution in [3.05, 3.63) is 54.1 Å². The highest BCUT2D eigenvalue weighted by molar-refractivity contribution is 5.80. The number of benzene rings is 2. The van der Waals surface area contributed by atoms with Gasteiger partial charge in [-0.15, -0.1) is 0 Å². The molecule has 5 nitrogen and oxygen atoms in total. The summed E-state index contributed by atoms with van der Waals surface area (Å²) in [5.74, 6) is 1.89. The van der Waals surface area contributed by atoms with Crippen LogP contribution in [-0.2, 0) is 6.54 Å². The first kappa shape index (κ1) is 15.0. The summed E-state index contributed by atoms with van der Waals surface area (Å²) >= 11 is 0. The zero-order valence-corrected chi connectivity index (χ0v) is 13.9. The molecule has 0 bridgehead atoms. The Morgan fingerprint density at radius 1 is 1.08 bits per heavy atom. The Morgan fingerprint density at radius 3 is 2.62 bits per heavy atom. The highest BCUT2D eigenvalue weighted by Gasteiger charge is 2.19. The number of methoxy groups -OCH3 is 1. The molecule has 124 valence electrons. The van der Waals surface area contributed by atoms with Gasteiger partial charge in [-0.25, -0.2) is 4.98 Å². The van der Waals surface area contributed by atoms with Gasteiger partial charge in [0, 0.05) is 32.2 Å². The maximum Gasteiger partial charge on any atom is 0.206 e. The molecule has 0 unspecified atom stereocenters. The van der Waals surface area contributed by atoms with Gasteiger partial charge >= 0.3 is 0 Å². The summed E-state index contributed by atoms with van der Waals surface area (Å²) in [6.45, 7) is 4.78. The molecule has 2 heterocycles. The largest absolute Gasteiger partial charge is 0.497 e. The second kappa shape index (κ2) is 6.53. The molecule has 0 amide bonds. The first-order valence-electron chi connectivity index (χ1n) is 8.39. The monoisotopic (exact) mass is 322 g/mol. The van der Waals surface area contributed by atoms with E-state index >= 15 is 0 Å². The Morgan fingerprint density at radius 2 is 1.88 bits per heavy atom. The predicted octanol–water partition coefficient (Wildman–Crippen LogP) is 2.50. The van der Waals surface area contributed by atoms with E-state index in [1.165, 1.54) is 5.56 Å². The minimum absolute atomic E-state index is 0.822. The van der Waals surface area contributed by atoms with E-state index in [1.54, 1.807) is 7.11 Å². The summed E-state index contributed by atoms with van der Waals surface area (Å²) in [5, 5.41) is 3.41. The molecule has 1 fully saturated rings. The molecule has 0 spiro atoms. The van der Waals surface area contributed by atoms with Crippen molar-refractivity contribution in [2.45, 2.75) is 6.54 Å². The van der Waals surface area contributed by atoms with E-state index in [1.807, 2.05) is 12.1 Å². The van der Waals surface area contributed by atoms with Gasteiger partial charge in [0.05, 0.1) is 24.7 Å². The Hall–Kier alpha value is -2.53. The van der Waals surface area contributed by atoms with Gasteiger partial charge in [-0.1, -0.05) is 30.3 Å². The second-order valence-electron chi connectivity index (χ2n) is 6.08. The number of fused-ring (bicyclic) bond motifs is 1. The molecular formula is C19H22N4O. The number of hydrogen-bond acceptors (Lipinski definition) is 4. The lowest BCUT2D eigenvalue weighted by Gasteiger charge is -2.29. The molecule has 0 aliphatic carbocycles. The van der Waals surface area contributed by atoms with Crippen LogP contribution in [0.4, 0.5) is 5.95 Å². The van der Waals surface area contributed by atoms with Crippen molar-refractivity contribution in [1.29, 1.82) is 0 Å². The summed E-state index contributed by atoms with van der Waals surface area (Å²) in [5.41, 5.74) is 3.41. The van der Waals surface area contributed by atoms with E-state index in [9.17, 15) is 0 Å². The SMILES string of the molecule is COc1ccc2c(c1)nc(N1CCNCC1)n2Cc1ccccc1. The average Bonchev–Trinajstić information content (AvgIpc) is 3.01. The van der Waals surface area contributed by atoms with Crippen molar-refractivity contribution in [3.63, 3.8) is 0 Å². The molecule has 24 heavy (non-hydrogen) atoms. The maximum atomic E-state index is 5.36. The number of hydrogen-bond donors (Lipinski definition) is 1. The van der Waals surface area contributed by atoms with Gasteiger partial charge in [-0.05, 0) is 17.7 Å². The molecule has 2 aromatic carbocycles. The number of piperazine rings is 1. The Bertz CT molecular complexity index is 822. The molecule has 5 heteroatoms. The molecule has 1 aliphatic heterocycles. The average molecular weight is 322 g/mol. The van der Waals surface area contributed by atoms with Gasteiger partial charge in [0.15, 0.2) is 0 Å². The van der Waals surface area contributed by atoms with Crippen LogP contribution in [0.2, 0.25) is 0 Å². The molecule has 1 aliphatic rings. The molecule has 1 aromatic heterocycles. The number of rotatable bonds is 4. The molecule has 1 saturated heterocycles. The normalized spacial score (nSPS) is 15.0. The third kappa shape index (κ3) is 2.83.